The highest BCUT2D eigenvalue weighted by Crippen LogP contribution is 2.25. The number of hydrogen-bond donors (Lipinski definition) is 1. The van der Waals surface area contributed by atoms with Crippen molar-refractivity contribution in [2.75, 3.05) is 0 Å². The van der Waals surface area contributed by atoms with Gasteiger partial charge in [-0.05, 0) is 37.6 Å². The third kappa shape index (κ3) is 2.08. The van der Waals surface area contributed by atoms with Crippen LogP contribution in [-0.2, 0) is 0 Å². The molecule has 1 N–H and O–H groups in total. The molecule has 0 aliphatic carbocycles. The first kappa shape index (κ1) is 12.8. The predicted molar refractivity (Wildman–Crippen MR) is 80.1 cm³/mol. The Morgan fingerprint density at radius 1 is 1.15 bits per heavy atom. The summed E-state index contributed by atoms with van der Waals surface area (Å²) in [6.45, 7) is 3.85. The zero-order chi connectivity index (χ0) is 14.3. The second kappa shape index (κ2) is 4.72. The number of nitrogens with one attached hydrogen (secondary N) is 1. The maximum Gasteiger partial charge on any atom is 0.290 e. The summed E-state index contributed by atoms with van der Waals surface area (Å²) in [5.41, 5.74) is 3.60. The monoisotopic (exact) mass is 285 g/mol. The summed E-state index contributed by atoms with van der Waals surface area (Å²) in [6.07, 6.45) is 0. The minimum atomic E-state index is -0.277. The molecule has 2 aromatic heterocycles. The first-order valence-corrected chi connectivity index (χ1v) is 6.56. The van der Waals surface area contributed by atoms with Crippen molar-refractivity contribution >= 4 is 22.5 Å². The second-order valence-electron chi connectivity index (χ2n) is 4.70. The van der Waals surface area contributed by atoms with E-state index < -0.39 is 0 Å². The Morgan fingerprint density at radius 3 is 2.55 bits per heavy atom. The number of pyridine rings is 1. The molecule has 100 valence electrons. The van der Waals surface area contributed by atoms with Crippen molar-refractivity contribution in [3.8, 4) is 11.3 Å². The normalized spacial score (nSPS) is 10.9. The van der Waals surface area contributed by atoms with Crippen molar-refractivity contribution in [2.24, 2.45) is 0 Å². The van der Waals surface area contributed by atoms with Crippen LogP contribution in [0, 0.1) is 13.8 Å². The van der Waals surface area contributed by atoms with Gasteiger partial charge in [-0.3, -0.25) is 4.79 Å². The van der Waals surface area contributed by atoms with Crippen LogP contribution < -0.4 is 5.56 Å². The molecule has 0 atom stereocenters. The highest BCUT2D eigenvalue weighted by Gasteiger charge is 2.11. The van der Waals surface area contributed by atoms with Gasteiger partial charge in [-0.15, -0.1) is 0 Å². The highest BCUT2D eigenvalue weighted by molar-refractivity contribution is 6.30. The third-order valence-corrected chi connectivity index (χ3v) is 3.58. The minimum Gasteiger partial charge on any atom is -0.266 e. The molecule has 2 heterocycles. The van der Waals surface area contributed by atoms with Crippen LogP contribution in [0.2, 0.25) is 5.02 Å². The number of rotatable bonds is 1. The van der Waals surface area contributed by atoms with E-state index in [1.54, 1.807) is 12.1 Å². The Hall–Kier alpha value is -2.20. The lowest BCUT2D eigenvalue weighted by Crippen LogP contribution is -2.12. The van der Waals surface area contributed by atoms with Gasteiger partial charge in [0.05, 0.1) is 0 Å². The molecule has 0 unspecified atom stereocenters. The third-order valence-electron chi connectivity index (χ3n) is 3.32. The fraction of sp³-hybridized carbons (Fsp3) is 0.133. The number of aromatic nitrogens is 3. The summed E-state index contributed by atoms with van der Waals surface area (Å²) in [5, 5.41) is 8.07. The van der Waals surface area contributed by atoms with Crippen LogP contribution in [-0.4, -0.2) is 15.2 Å². The number of aromatic amines is 1. The molecular formula is C15H12ClN3O. The van der Waals surface area contributed by atoms with Crippen LogP contribution in [0.3, 0.4) is 0 Å². The van der Waals surface area contributed by atoms with E-state index in [4.69, 9.17) is 11.6 Å². The van der Waals surface area contributed by atoms with Crippen LogP contribution in [0.15, 0.2) is 35.1 Å². The summed E-state index contributed by atoms with van der Waals surface area (Å²) in [7, 11) is 0. The van der Waals surface area contributed by atoms with Gasteiger partial charge in [0, 0.05) is 21.7 Å². The molecule has 3 rings (SSSR count). The topological polar surface area (TPSA) is 58.6 Å². The molecule has 3 aromatic rings. The van der Waals surface area contributed by atoms with E-state index in [0.29, 0.717) is 16.2 Å². The SMILES string of the molecule is Cc1cc2c(-c3ccc(Cl)cc3)n[nH]c(=O)c2nc1C. The molecule has 20 heavy (non-hydrogen) atoms. The summed E-state index contributed by atoms with van der Waals surface area (Å²) in [4.78, 5) is 16.2. The Morgan fingerprint density at radius 2 is 1.85 bits per heavy atom. The number of fused-ring (bicyclic) bond motifs is 1. The first-order valence-electron chi connectivity index (χ1n) is 6.19. The summed E-state index contributed by atoms with van der Waals surface area (Å²) in [5.74, 6) is 0. The van der Waals surface area contributed by atoms with Crippen molar-refractivity contribution in [1.29, 1.82) is 0 Å². The average Bonchev–Trinajstić information content (AvgIpc) is 2.43. The molecule has 0 fully saturated rings. The number of H-pyrrole nitrogens is 1. The van der Waals surface area contributed by atoms with Gasteiger partial charge in [0.15, 0.2) is 0 Å². The number of hydrogen-bond acceptors (Lipinski definition) is 3. The lowest BCUT2D eigenvalue weighted by molar-refractivity contribution is 1.00. The van der Waals surface area contributed by atoms with Gasteiger partial charge in [-0.2, -0.15) is 5.10 Å². The minimum absolute atomic E-state index is 0.277. The van der Waals surface area contributed by atoms with Gasteiger partial charge in [-0.25, -0.2) is 10.1 Å². The molecule has 0 spiro atoms. The highest BCUT2D eigenvalue weighted by atomic mass is 35.5. The van der Waals surface area contributed by atoms with Crippen molar-refractivity contribution in [3.63, 3.8) is 0 Å². The van der Waals surface area contributed by atoms with Crippen LogP contribution in [0.1, 0.15) is 11.3 Å². The van der Waals surface area contributed by atoms with Crippen LogP contribution in [0.4, 0.5) is 0 Å². The van der Waals surface area contributed by atoms with Crippen molar-refractivity contribution in [3.05, 3.63) is 57.0 Å². The smallest absolute Gasteiger partial charge is 0.266 e. The van der Waals surface area contributed by atoms with Crippen molar-refractivity contribution in [2.45, 2.75) is 13.8 Å². The molecule has 4 nitrogen and oxygen atoms in total. The quantitative estimate of drug-likeness (QED) is 0.746. The van der Waals surface area contributed by atoms with Gasteiger partial charge < -0.3 is 0 Å². The van der Waals surface area contributed by atoms with E-state index >= 15 is 0 Å². The first-order chi connectivity index (χ1) is 9.56. The van der Waals surface area contributed by atoms with Crippen LogP contribution >= 0.6 is 11.6 Å². The number of halogens is 1. The summed E-state index contributed by atoms with van der Waals surface area (Å²) >= 11 is 5.90. The van der Waals surface area contributed by atoms with E-state index in [-0.39, 0.29) is 5.56 Å². The lowest BCUT2D eigenvalue weighted by Gasteiger charge is -2.07. The average molecular weight is 286 g/mol. The maximum atomic E-state index is 11.9. The molecule has 5 heteroatoms. The van der Waals surface area contributed by atoms with Crippen LogP contribution in [0.25, 0.3) is 22.2 Å². The fourth-order valence-electron chi connectivity index (χ4n) is 2.11. The molecular weight excluding hydrogens is 274 g/mol. The van der Waals surface area contributed by atoms with Gasteiger partial charge in [0.1, 0.15) is 11.2 Å². The van der Waals surface area contributed by atoms with E-state index in [1.807, 2.05) is 32.0 Å². The van der Waals surface area contributed by atoms with E-state index in [0.717, 1.165) is 22.2 Å². The largest absolute Gasteiger partial charge is 0.290 e. The second-order valence-corrected chi connectivity index (χ2v) is 5.13. The standard InChI is InChI=1S/C15H12ClN3O/c1-8-7-12-13(10-3-5-11(16)6-4-10)18-19-15(20)14(12)17-9(8)2/h3-7H,1-2H3,(H,19,20). The van der Waals surface area contributed by atoms with Crippen molar-refractivity contribution < 1.29 is 0 Å². The zero-order valence-corrected chi connectivity index (χ0v) is 11.8. The van der Waals surface area contributed by atoms with Gasteiger partial charge in [0.25, 0.3) is 5.56 Å². The molecule has 0 radical (unpaired) electrons. The number of nitrogens with zero attached hydrogens (tertiary/aromatic N) is 2. The molecule has 0 aliphatic heterocycles. The Balaban J connectivity index is 2.37. The zero-order valence-electron chi connectivity index (χ0n) is 11.1. The molecule has 0 saturated heterocycles. The van der Waals surface area contributed by atoms with Gasteiger partial charge in [0.2, 0.25) is 0 Å². The fourth-order valence-corrected chi connectivity index (χ4v) is 2.23. The maximum absolute atomic E-state index is 11.9. The Kier molecular flexibility index (Phi) is 3.03. The summed E-state index contributed by atoms with van der Waals surface area (Å²) < 4.78 is 0. The number of benzene rings is 1. The molecule has 0 aliphatic rings. The van der Waals surface area contributed by atoms with E-state index in [2.05, 4.69) is 15.2 Å². The van der Waals surface area contributed by atoms with Crippen molar-refractivity contribution in [1.82, 2.24) is 15.2 Å². The summed E-state index contributed by atoms with van der Waals surface area (Å²) in [6, 6.07) is 9.28. The van der Waals surface area contributed by atoms with E-state index in [9.17, 15) is 4.79 Å². The molecule has 0 bridgehead atoms. The van der Waals surface area contributed by atoms with Crippen LogP contribution in [0.5, 0.6) is 0 Å². The molecule has 1 aromatic carbocycles. The Labute approximate surface area is 120 Å². The number of aryl methyl sites for hydroxylation is 2. The van der Waals surface area contributed by atoms with Gasteiger partial charge >= 0.3 is 0 Å². The van der Waals surface area contributed by atoms with E-state index in [1.165, 1.54) is 0 Å². The van der Waals surface area contributed by atoms with Gasteiger partial charge in [-0.1, -0.05) is 23.7 Å². The molecule has 0 amide bonds. The predicted octanol–water partition coefficient (Wildman–Crippen LogP) is 3.26. The lowest BCUT2D eigenvalue weighted by atomic mass is 10.1. The Bertz CT molecular complexity index is 853. The molecule has 0 saturated carbocycles.